The number of carbonyl (C=O) groups excluding carboxylic acids is 1. The lowest BCUT2D eigenvalue weighted by Crippen LogP contribution is -2.23. The van der Waals surface area contributed by atoms with Crippen molar-refractivity contribution in [1.82, 2.24) is 10.6 Å². The van der Waals surface area contributed by atoms with Crippen LogP contribution >= 0.6 is 24.2 Å². The number of thioether (sulfide) groups is 1. The van der Waals surface area contributed by atoms with Crippen LogP contribution in [0, 0.1) is 5.82 Å². The Balaban J connectivity index is 0.00000208. The highest BCUT2D eigenvalue weighted by atomic mass is 35.5. The van der Waals surface area contributed by atoms with Crippen molar-refractivity contribution in [1.29, 1.82) is 0 Å². The van der Waals surface area contributed by atoms with E-state index in [0.717, 1.165) is 18.7 Å². The normalized spacial score (nSPS) is 12.4. The lowest BCUT2D eigenvalue weighted by atomic mass is 10.1. The van der Waals surface area contributed by atoms with Crippen LogP contribution in [0.25, 0.3) is 0 Å². The summed E-state index contributed by atoms with van der Waals surface area (Å²) in [6.45, 7) is 2.36. The molecule has 3 rings (SSSR count). The Labute approximate surface area is 151 Å². The molecule has 0 fully saturated rings. The van der Waals surface area contributed by atoms with E-state index < -0.39 is 0 Å². The minimum atomic E-state index is -0.232. The molecular weight excluding hydrogens is 347 g/mol. The minimum Gasteiger partial charge on any atom is -0.352 e. The topological polar surface area (TPSA) is 41.1 Å². The van der Waals surface area contributed by atoms with Gasteiger partial charge in [-0.15, -0.1) is 24.2 Å². The minimum absolute atomic E-state index is 0. The van der Waals surface area contributed by atoms with Crippen molar-refractivity contribution in [3.63, 3.8) is 0 Å². The summed E-state index contributed by atoms with van der Waals surface area (Å²) in [4.78, 5) is 12.5. The average molecular weight is 367 g/mol. The third-order valence-corrected chi connectivity index (χ3v) is 4.86. The number of hydrogen-bond acceptors (Lipinski definition) is 3. The number of fused-ring (bicyclic) bond motifs is 1. The van der Waals surface area contributed by atoms with Gasteiger partial charge in [0.25, 0.3) is 0 Å². The zero-order valence-corrected chi connectivity index (χ0v) is 14.8. The molecule has 1 amide bonds. The summed E-state index contributed by atoms with van der Waals surface area (Å²) < 4.78 is 13.5. The average Bonchev–Trinajstić information content (AvgIpc) is 3.02. The van der Waals surface area contributed by atoms with Gasteiger partial charge < -0.3 is 10.6 Å². The molecule has 0 spiro atoms. The first-order valence-electron chi connectivity index (χ1n) is 7.68. The summed E-state index contributed by atoms with van der Waals surface area (Å²) >= 11 is 1.37. The quantitative estimate of drug-likeness (QED) is 0.767. The van der Waals surface area contributed by atoms with Crippen molar-refractivity contribution in [3.05, 3.63) is 65.0 Å². The molecule has 1 heterocycles. The van der Waals surface area contributed by atoms with E-state index in [2.05, 4.69) is 28.8 Å². The Hall–Kier alpha value is -1.56. The monoisotopic (exact) mass is 366 g/mol. The van der Waals surface area contributed by atoms with Crippen LogP contribution in [-0.4, -0.2) is 11.7 Å². The van der Waals surface area contributed by atoms with Crippen molar-refractivity contribution < 1.29 is 9.18 Å². The number of hydrogen-bond donors (Lipinski definition) is 2. The summed E-state index contributed by atoms with van der Waals surface area (Å²) in [6.07, 6.45) is 0.380. The smallest absolute Gasteiger partial charge is 0.221 e. The number of carbonyl (C=O) groups is 1. The molecule has 24 heavy (non-hydrogen) atoms. The molecule has 0 radical (unpaired) electrons. The molecule has 0 aromatic heterocycles. The Morgan fingerprint density at radius 3 is 2.79 bits per heavy atom. The molecule has 1 aliphatic rings. The van der Waals surface area contributed by atoms with E-state index in [1.807, 2.05) is 0 Å². The van der Waals surface area contributed by atoms with Gasteiger partial charge in [0.15, 0.2) is 0 Å². The van der Waals surface area contributed by atoms with Gasteiger partial charge in [0.1, 0.15) is 5.82 Å². The maximum atomic E-state index is 13.5. The Kier molecular flexibility index (Phi) is 7.09. The first-order chi connectivity index (χ1) is 11.2. The van der Waals surface area contributed by atoms with Crippen LogP contribution in [0.4, 0.5) is 4.39 Å². The number of rotatable bonds is 6. The molecule has 0 bridgehead atoms. The summed E-state index contributed by atoms with van der Waals surface area (Å²) in [7, 11) is 0. The standard InChI is InChI=1S/C18H19FN2OS.ClH/c19-16-3-1-2-4-17(16)23-8-7-18(22)21-10-13-5-6-14-11-20-12-15(14)9-13;/h1-6,9,20H,7-8,10-12H2,(H,21,22);1H. The van der Waals surface area contributed by atoms with Gasteiger partial charge in [-0.1, -0.05) is 30.3 Å². The molecule has 0 unspecified atom stereocenters. The molecule has 128 valence electrons. The second-order valence-electron chi connectivity index (χ2n) is 5.51. The van der Waals surface area contributed by atoms with E-state index in [9.17, 15) is 9.18 Å². The van der Waals surface area contributed by atoms with E-state index in [1.165, 1.54) is 29.0 Å². The Morgan fingerprint density at radius 2 is 1.96 bits per heavy atom. The van der Waals surface area contributed by atoms with Crippen molar-refractivity contribution in [2.24, 2.45) is 0 Å². The second kappa shape index (κ2) is 9.06. The van der Waals surface area contributed by atoms with Crippen LogP contribution in [0.1, 0.15) is 23.1 Å². The number of benzene rings is 2. The largest absolute Gasteiger partial charge is 0.352 e. The zero-order chi connectivity index (χ0) is 16.1. The third-order valence-electron chi connectivity index (χ3n) is 3.81. The van der Waals surface area contributed by atoms with E-state index >= 15 is 0 Å². The van der Waals surface area contributed by atoms with Gasteiger partial charge in [0.05, 0.1) is 0 Å². The summed E-state index contributed by atoms with van der Waals surface area (Å²) in [6, 6.07) is 12.9. The maximum Gasteiger partial charge on any atom is 0.221 e. The highest BCUT2D eigenvalue weighted by Gasteiger charge is 2.10. The maximum absolute atomic E-state index is 13.5. The Morgan fingerprint density at radius 1 is 1.17 bits per heavy atom. The lowest BCUT2D eigenvalue weighted by Gasteiger charge is -2.07. The van der Waals surface area contributed by atoms with Crippen LogP contribution in [-0.2, 0) is 24.4 Å². The molecule has 2 aromatic rings. The van der Waals surface area contributed by atoms with Crippen LogP contribution < -0.4 is 10.6 Å². The summed E-state index contributed by atoms with van der Waals surface area (Å²) in [5, 5.41) is 6.23. The second-order valence-corrected chi connectivity index (χ2v) is 6.65. The van der Waals surface area contributed by atoms with Crippen LogP contribution in [0.15, 0.2) is 47.4 Å². The molecule has 0 aliphatic carbocycles. The molecule has 3 nitrogen and oxygen atoms in total. The van der Waals surface area contributed by atoms with Crippen molar-refractivity contribution >= 4 is 30.1 Å². The van der Waals surface area contributed by atoms with Crippen molar-refractivity contribution in [2.75, 3.05) is 5.75 Å². The number of nitrogens with one attached hydrogen (secondary N) is 2. The van der Waals surface area contributed by atoms with E-state index in [0.29, 0.717) is 23.6 Å². The predicted molar refractivity (Wildman–Crippen MR) is 97.8 cm³/mol. The third kappa shape index (κ3) is 4.97. The van der Waals surface area contributed by atoms with Gasteiger partial charge >= 0.3 is 0 Å². The molecular formula is C18H20ClFN2OS. The Bertz CT molecular complexity index is 711. The fourth-order valence-electron chi connectivity index (χ4n) is 2.56. The number of amides is 1. The van der Waals surface area contributed by atoms with Crippen LogP contribution in [0.5, 0.6) is 0 Å². The number of halogens is 2. The summed E-state index contributed by atoms with van der Waals surface area (Å²) in [5.41, 5.74) is 3.76. The van der Waals surface area contributed by atoms with Gasteiger partial charge in [-0.25, -0.2) is 4.39 Å². The van der Waals surface area contributed by atoms with Gasteiger partial charge in [-0.2, -0.15) is 0 Å². The van der Waals surface area contributed by atoms with Gasteiger partial charge in [-0.3, -0.25) is 4.79 Å². The first-order valence-corrected chi connectivity index (χ1v) is 8.66. The van der Waals surface area contributed by atoms with Gasteiger partial charge in [0, 0.05) is 36.7 Å². The zero-order valence-electron chi connectivity index (χ0n) is 13.2. The highest BCUT2D eigenvalue weighted by molar-refractivity contribution is 7.99. The predicted octanol–water partition coefficient (Wildman–Crippen LogP) is 3.65. The molecule has 0 saturated carbocycles. The molecule has 0 saturated heterocycles. The van der Waals surface area contributed by atoms with Crippen molar-refractivity contribution in [2.45, 2.75) is 31.0 Å². The van der Waals surface area contributed by atoms with Gasteiger partial charge in [0.2, 0.25) is 5.91 Å². The van der Waals surface area contributed by atoms with Crippen molar-refractivity contribution in [3.8, 4) is 0 Å². The van der Waals surface area contributed by atoms with Gasteiger partial charge in [-0.05, 0) is 28.8 Å². The van der Waals surface area contributed by atoms with E-state index in [4.69, 9.17) is 0 Å². The fourth-order valence-corrected chi connectivity index (χ4v) is 3.45. The molecule has 1 aliphatic heterocycles. The first kappa shape index (κ1) is 18.8. The molecule has 6 heteroatoms. The molecule has 2 aromatic carbocycles. The SMILES string of the molecule is Cl.O=C(CCSc1ccccc1F)NCc1ccc2c(c1)CNC2. The lowest BCUT2D eigenvalue weighted by molar-refractivity contribution is -0.120. The van der Waals surface area contributed by atoms with E-state index in [1.54, 1.807) is 18.2 Å². The van der Waals surface area contributed by atoms with E-state index in [-0.39, 0.29) is 24.1 Å². The fraction of sp³-hybridized carbons (Fsp3) is 0.278. The van der Waals surface area contributed by atoms with Crippen LogP contribution in [0.3, 0.4) is 0 Å². The summed E-state index contributed by atoms with van der Waals surface area (Å²) in [5.74, 6) is 0.332. The molecule has 0 atom stereocenters. The van der Waals surface area contributed by atoms with Crippen LogP contribution in [0.2, 0.25) is 0 Å². The molecule has 2 N–H and O–H groups in total. The highest BCUT2D eigenvalue weighted by Crippen LogP contribution is 2.21.